The number of nitrogens with zero attached hydrogens (tertiary/aromatic N) is 2. The van der Waals surface area contributed by atoms with E-state index >= 15 is 0 Å². The second-order valence-electron chi connectivity index (χ2n) is 6.15. The van der Waals surface area contributed by atoms with E-state index in [2.05, 4.69) is 10.5 Å². The van der Waals surface area contributed by atoms with Crippen LogP contribution in [0.4, 0.5) is 0 Å². The number of carbonyl (C=O) groups excluding carboxylic acids is 1. The van der Waals surface area contributed by atoms with Gasteiger partial charge in [0.15, 0.2) is 0 Å². The standard InChI is InChI=1S/C16H21N3O4/c1-9-6-12(20)7-14(22)19(9)8-13(21)17-16(4,5)15-10(2)18-23-11(15)3/h6-7,20H,8H2,1-5H3,(H,17,21). The van der Waals surface area contributed by atoms with Crippen molar-refractivity contribution in [3.63, 3.8) is 0 Å². The average molecular weight is 319 g/mol. The van der Waals surface area contributed by atoms with Crippen LogP contribution in [0.3, 0.4) is 0 Å². The summed E-state index contributed by atoms with van der Waals surface area (Å²) < 4.78 is 6.45. The molecule has 7 nitrogen and oxygen atoms in total. The van der Waals surface area contributed by atoms with Crippen LogP contribution in [0.25, 0.3) is 0 Å². The van der Waals surface area contributed by atoms with Crippen molar-refractivity contribution in [1.29, 1.82) is 0 Å². The smallest absolute Gasteiger partial charge is 0.254 e. The molecule has 23 heavy (non-hydrogen) atoms. The number of hydrogen-bond acceptors (Lipinski definition) is 5. The molecule has 2 aromatic heterocycles. The molecule has 2 rings (SSSR count). The molecule has 2 N–H and O–H groups in total. The Morgan fingerprint density at radius 1 is 1.35 bits per heavy atom. The quantitative estimate of drug-likeness (QED) is 0.890. The van der Waals surface area contributed by atoms with Gasteiger partial charge >= 0.3 is 0 Å². The summed E-state index contributed by atoms with van der Waals surface area (Å²) in [6, 6.07) is 2.52. The first-order valence-electron chi connectivity index (χ1n) is 7.26. The predicted octanol–water partition coefficient (Wildman–Crippen LogP) is 1.52. The van der Waals surface area contributed by atoms with Crippen molar-refractivity contribution in [2.24, 2.45) is 0 Å². The molecule has 0 fully saturated rings. The molecule has 0 aliphatic carbocycles. The number of pyridine rings is 1. The normalized spacial score (nSPS) is 11.5. The fourth-order valence-electron chi connectivity index (χ4n) is 2.88. The van der Waals surface area contributed by atoms with Gasteiger partial charge in [0.1, 0.15) is 18.1 Å². The lowest BCUT2D eigenvalue weighted by atomic mass is 9.92. The summed E-state index contributed by atoms with van der Waals surface area (Å²) >= 11 is 0. The topological polar surface area (TPSA) is 97.4 Å². The number of nitrogens with one attached hydrogen (secondary N) is 1. The Bertz CT molecular complexity index is 783. The molecule has 0 aromatic carbocycles. The zero-order valence-corrected chi connectivity index (χ0v) is 13.9. The van der Waals surface area contributed by atoms with Gasteiger partial charge < -0.3 is 19.5 Å². The monoisotopic (exact) mass is 319 g/mol. The van der Waals surface area contributed by atoms with Crippen LogP contribution >= 0.6 is 0 Å². The minimum atomic E-state index is -0.681. The molecule has 0 spiro atoms. The Kier molecular flexibility index (Phi) is 4.31. The van der Waals surface area contributed by atoms with Crippen molar-refractivity contribution in [3.8, 4) is 5.75 Å². The summed E-state index contributed by atoms with van der Waals surface area (Å²) in [6.07, 6.45) is 0. The first-order chi connectivity index (χ1) is 10.6. The highest BCUT2D eigenvalue weighted by Crippen LogP contribution is 2.26. The third-order valence-corrected chi connectivity index (χ3v) is 3.73. The first-order valence-corrected chi connectivity index (χ1v) is 7.26. The van der Waals surface area contributed by atoms with Gasteiger partial charge in [-0.3, -0.25) is 9.59 Å². The summed E-state index contributed by atoms with van der Waals surface area (Å²) in [5, 5.41) is 16.2. The third kappa shape index (κ3) is 3.44. The fraction of sp³-hybridized carbons (Fsp3) is 0.438. The lowest BCUT2D eigenvalue weighted by Gasteiger charge is -2.26. The SMILES string of the molecule is Cc1noc(C)c1C(C)(C)NC(=O)Cn1c(C)cc(O)cc1=O. The average Bonchev–Trinajstić information content (AvgIpc) is 2.73. The molecular weight excluding hydrogens is 298 g/mol. The van der Waals surface area contributed by atoms with Gasteiger partial charge in [0.25, 0.3) is 5.56 Å². The van der Waals surface area contributed by atoms with E-state index in [0.29, 0.717) is 17.1 Å². The van der Waals surface area contributed by atoms with Crippen molar-refractivity contribution in [1.82, 2.24) is 15.0 Å². The van der Waals surface area contributed by atoms with E-state index in [-0.39, 0.29) is 18.2 Å². The number of hydrogen-bond donors (Lipinski definition) is 2. The summed E-state index contributed by atoms with van der Waals surface area (Å²) in [5.74, 6) is 0.219. The third-order valence-electron chi connectivity index (χ3n) is 3.73. The summed E-state index contributed by atoms with van der Waals surface area (Å²) in [7, 11) is 0. The van der Waals surface area contributed by atoms with Gasteiger partial charge in [0.05, 0.1) is 11.2 Å². The highest BCUT2D eigenvalue weighted by atomic mass is 16.5. The molecule has 0 saturated carbocycles. The lowest BCUT2D eigenvalue weighted by Crippen LogP contribution is -2.44. The maximum absolute atomic E-state index is 12.4. The molecule has 7 heteroatoms. The number of amides is 1. The molecule has 0 saturated heterocycles. The lowest BCUT2D eigenvalue weighted by molar-refractivity contribution is -0.123. The minimum absolute atomic E-state index is 0.111. The molecule has 124 valence electrons. The van der Waals surface area contributed by atoms with Crippen molar-refractivity contribution in [2.75, 3.05) is 0 Å². The van der Waals surface area contributed by atoms with Crippen LogP contribution < -0.4 is 10.9 Å². The zero-order chi connectivity index (χ0) is 17.4. The highest BCUT2D eigenvalue weighted by molar-refractivity contribution is 5.77. The Hall–Kier alpha value is -2.57. The van der Waals surface area contributed by atoms with Crippen LogP contribution in [0.15, 0.2) is 21.5 Å². The van der Waals surface area contributed by atoms with Crippen molar-refractivity contribution in [3.05, 3.63) is 45.2 Å². The van der Waals surface area contributed by atoms with Crippen molar-refractivity contribution in [2.45, 2.75) is 46.7 Å². The van der Waals surface area contributed by atoms with Gasteiger partial charge in [0.2, 0.25) is 5.91 Å². The summed E-state index contributed by atoms with van der Waals surface area (Å²) in [5.41, 5.74) is 0.944. The Morgan fingerprint density at radius 3 is 2.52 bits per heavy atom. The predicted molar refractivity (Wildman–Crippen MR) is 84.2 cm³/mol. The van der Waals surface area contributed by atoms with E-state index in [0.717, 1.165) is 11.6 Å². The van der Waals surface area contributed by atoms with E-state index in [4.69, 9.17) is 4.52 Å². The zero-order valence-electron chi connectivity index (χ0n) is 13.9. The second kappa shape index (κ2) is 5.91. The number of aromatic hydroxyl groups is 1. The molecule has 2 aromatic rings. The molecule has 2 heterocycles. The Labute approximate surface area is 133 Å². The molecule has 0 bridgehead atoms. The molecule has 0 atom stereocenters. The minimum Gasteiger partial charge on any atom is -0.508 e. The van der Waals surface area contributed by atoms with E-state index in [9.17, 15) is 14.7 Å². The van der Waals surface area contributed by atoms with Crippen molar-refractivity contribution < 1.29 is 14.4 Å². The number of aromatic nitrogens is 2. The molecule has 0 aliphatic heterocycles. The van der Waals surface area contributed by atoms with Crippen LogP contribution in [0, 0.1) is 20.8 Å². The number of aryl methyl sites for hydroxylation is 3. The Morgan fingerprint density at radius 2 is 2.00 bits per heavy atom. The van der Waals surface area contributed by atoms with E-state index in [1.54, 1.807) is 13.8 Å². The molecule has 1 amide bonds. The van der Waals surface area contributed by atoms with Gasteiger partial charge in [0, 0.05) is 17.3 Å². The van der Waals surface area contributed by atoms with Crippen molar-refractivity contribution >= 4 is 5.91 Å². The van der Waals surface area contributed by atoms with E-state index in [1.807, 2.05) is 20.8 Å². The van der Waals surface area contributed by atoms with Gasteiger partial charge in [-0.05, 0) is 40.7 Å². The van der Waals surface area contributed by atoms with Crippen LogP contribution in [0.5, 0.6) is 5.75 Å². The summed E-state index contributed by atoms with van der Waals surface area (Å²) in [4.78, 5) is 24.2. The summed E-state index contributed by atoms with van der Waals surface area (Å²) in [6.45, 7) is 8.84. The van der Waals surface area contributed by atoms with Crippen LogP contribution in [-0.2, 0) is 16.9 Å². The maximum atomic E-state index is 12.4. The first kappa shape index (κ1) is 16.8. The number of carbonyl (C=O) groups is 1. The Balaban J connectivity index is 2.22. The molecule has 0 aliphatic rings. The van der Waals surface area contributed by atoms with Crippen LogP contribution in [-0.4, -0.2) is 20.7 Å². The largest absolute Gasteiger partial charge is 0.508 e. The second-order valence-corrected chi connectivity index (χ2v) is 6.15. The van der Waals surface area contributed by atoms with E-state index in [1.165, 1.54) is 10.6 Å². The number of rotatable bonds is 4. The van der Waals surface area contributed by atoms with Gasteiger partial charge in [-0.15, -0.1) is 0 Å². The van der Waals surface area contributed by atoms with Gasteiger partial charge in [-0.25, -0.2) is 0 Å². The maximum Gasteiger partial charge on any atom is 0.254 e. The van der Waals surface area contributed by atoms with Gasteiger partial charge in [-0.2, -0.15) is 0 Å². The molecular formula is C16H21N3O4. The fourth-order valence-corrected chi connectivity index (χ4v) is 2.88. The van der Waals surface area contributed by atoms with Crippen LogP contribution in [0.2, 0.25) is 0 Å². The molecule has 0 radical (unpaired) electrons. The highest BCUT2D eigenvalue weighted by Gasteiger charge is 2.29. The van der Waals surface area contributed by atoms with Gasteiger partial charge in [-0.1, -0.05) is 5.16 Å². The molecule has 0 unspecified atom stereocenters. The van der Waals surface area contributed by atoms with E-state index < -0.39 is 11.1 Å². The van der Waals surface area contributed by atoms with Crippen LogP contribution in [0.1, 0.15) is 36.6 Å².